The van der Waals surface area contributed by atoms with Gasteiger partial charge < -0.3 is 9.64 Å². The molecule has 20 heavy (non-hydrogen) atoms. The zero-order valence-electron chi connectivity index (χ0n) is 12.5. The van der Waals surface area contributed by atoms with Crippen LogP contribution in [-0.4, -0.2) is 31.0 Å². The number of carbonyl (C=O) groups excluding carboxylic acids is 1. The number of ether oxygens (including phenoxy) is 1. The summed E-state index contributed by atoms with van der Waals surface area (Å²) in [5.74, 6) is 1.04. The molecule has 1 unspecified atom stereocenters. The lowest BCUT2D eigenvalue weighted by Crippen LogP contribution is -2.45. The number of benzene rings is 1. The van der Waals surface area contributed by atoms with Crippen molar-refractivity contribution < 1.29 is 9.53 Å². The van der Waals surface area contributed by atoms with Crippen LogP contribution in [0.3, 0.4) is 0 Å². The molecular weight excluding hydrogens is 250 g/mol. The molecule has 0 spiro atoms. The molecule has 2 rings (SSSR count). The largest absolute Gasteiger partial charge is 0.497 e. The van der Waals surface area contributed by atoms with Crippen molar-refractivity contribution in [2.24, 2.45) is 0 Å². The smallest absolute Gasteiger partial charge is 0.233 e. The van der Waals surface area contributed by atoms with Gasteiger partial charge in [0, 0.05) is 13.1 Å². The SMILES string of the molecule is [CH2]CN1CCCCC(CC)(c2cccc(OC)c2)C1=O. The van der Waals surface area contributed by atoms with Crippen molar-refractivity contribution in [3.8, 4) is 5.75 Å². The Kier molecular flexibility index (Phi) is 4.69. The minimum atomic E-state index is -0.414. The molecule has 1 aliphatic rings. The fourth-order valence-corrected chi connectivity index (χ4v) is 3.17. The van der Waals surface area contributed by atoms with Crippen molar-refractivity contribution in [2.45, 2.75) is 38.0 Å². The normalized spacial score (nSPS) is 23.6. The molecule has 0 saturated carbocycles. The van der Waals surface area contributed by atoms with E-state index in [1.54, 1.807) is 7.11 Å². The van der Waals surface area contributed by atoms with Gasteiger partial charge in [0.15, 0.2) is 0 Å². The molecule has 1 aromatic rings. The van der Waals surface area contributed by atoms with Crippen molar-refractivity contribution >= 4 is 5.91 Å². The van der Waals surface area contributed by atoms with Crippen molar-refractivity contribution in [2.75, 3.05) is 20.2 Å². The number of hydrogen-bond acceptors (Lipinski definition) is 2. The third kappa shape index (κ3) is 2.54. The van der Waals surface area contributed by atoms with Crippen LogP contribution in [0.25, 0.3) is 0 Å². The molecule has 1 heterocycles. The van der Waals surface area contributed by atoms with Gasteiger partial charge in [-0.25, -0.2) is 0 Å². The quantitative estimate of drug-likeness (QED) is 0.844. The van der Waals surface area contributed by atoms with Gasteiger partial charge in [-0.15, -0.1) is 0 Å². The minimum Gasteiger partial charge on any atom is -0.497 e. The van der Waals surface area contributed by atoms with Crippen LogP contribution in [0, 0.1) is 6.92 Å². The van der Waals surface area contributed by atoms with E-state index in [1.165, 1.54) is 0 Å². The van der Waals surface area contributed by atoms with E-state index in [-0.39, 0.29) is 5.91 Å². The summed E-state index contributed by atoms with van der Waals surface area (Å²) in [6.07, 6.45) is 3.86. The molecule has 1 radical (unpaired) electrons. The molecule has 3 heteroatoms. The van der Waals surface area contributed by atoms with E-state index in [9.17, 15) is 4.79 Å². The van der Waals surface area contributed by atoms with Gasteiger partial charge in [0.25, 0.3) is 0 Å². The molecule has 1 aromatic carbocycles. The molecule has 0 bridgehead atoms. The molecule has 1 aliphatic heterocycles. The summed E-state index contributed by atoms with van der Waals surface area (Å²) in [6, 6.07) is 7.95. The van der Waals surface area contributed by atoms with E-state index in [2.05, 4.69) is 19.9 Å². The van der Waals surface area contributed by atoms with Gasteiger partial charge in [0.1, 0.15) is 5.75 Å². The molecule has 3 nitrogen and oxygen atoms in total. The Hall–Kier alpha value is -1.51. The summed E-state index contributed by atoms with van der Waals surface area (Å²) < 4.78 is 5.32. The van der Waals surface area contributed by atoms with Crippen molar-refractivity contribution in [3.05, 3.63) is 36.8 Å². The van der Waals surface area contributed by atoms with Gasteiger partial charge in [-0.2, -0.15) is 0 Å². The fraction of sp³-hybridized carbons (Fsp3) is 0.529. The van der Waals surface area contributed by atoms with Crippen LogP contribution in [0.2, 0.25) is 0 Å². The number of rotatable bonds is 4. The lowest BCUT2D eigenvalue weighted by Gasteiger charge is -2.34. The lowest BCUT2D eigenvalue weighted by atomic mass is 9.73. The predicted octanol–water partition coefficient (Wildman–Crippen LogP) is 3.19. The topological polar surface area (TPSA) is 29.5 Å². The third-order valence-electron chi connectivity index (χ3n) is 4.47. The van der Waals surface area contributed by atoms with Crippen LogP contribution >= 0.6 is 0 Å². The first-order valence-corrected chi connectivity index (χ1v) is 7.41. The van der Waals surface area contributed by atoms with Gasteiger partial charge in [0.2, 0.25) is 5.91 Å². The zero-order chi connectivity index (χ0) is 14.6. The molecule has 1 amide bonds. The molecule has 0 aliphatic carbocycles. The van der Waals surface area contributed by atoms with E-state index in [0.29, 0.717) is 6.54 Å². The highest BCUT2D eigenvalue weighted by Gasteiger charge is 2.42. The van der Waals surface area contributed by atoms with Crippen LogP contribution in [0.5, 0.6) is 5.75 Å². The Labute approximate surface area is 121 Å². The highest BCUT2D eigenvalue weighted by Crippen LogP contribution is 2.38. The van der Waals surface area contributed by atoms with E-state index in [1.807, 2.05) is 23.1 Å². The molecular formula is C17H24NO2. The molecule has 0 N–H and O–H groups in total. The second-order valence-electron chi connectivity index (χ2n) is 5.42. The zero-order valence-corrected chi connectivity index (χ0v) is 12.5. The van der Waals surface area contributed by atoms with E-state index in [4.69, 9.17) is 4.74 Å². The van der Waals surface area contributed by atoms with Crippen LogP contribution in [0.1, 0.15) is 38.2 Å². The monoisotopic (exact) mass is 274 g/mol. The summed E-state index contributed by atoms with van der Waals surface area (Å²) in [5, 5.41) is 0. The molecule has 1 fully saturated rings. The molecule has 1 saturated heterocycles. The number of carbonyl (C=O) groups is 1. The average molecular weight is 274 g/mol. The summed E-state index contributed by atoms with van der Waals surface area (Å²) in [7, 11) is 1.66. The Morgan fingerprint density at radius 1 is 1.40 bits per heavy atom. The fourth-order valence-electron chi connectivity index (χ4n) is 3.17. The second-order valence-corrected chi connectivity index (χ2v) is 5.42. The van der Waals surface area contributed by atoms with Gasteiger partial charge in [-0.3, -0.25) is 4.79 Å². The van der Waals surface area contributed by atoms with Gasteiger partial charge in [-0.1, -0.05) is 25.5 Å². The second kappa shape index (κ2) is 6.29. The Morgan fingerprint density at radius 3 is 2.85 bits per heavy atom. The van der Waals surface area contributed by atoms with E-state index < -0.39 is 5.41 Å². The van der Waals surface area contributed by atoms with Crippen LogP contribution < -0.4 is 4.74 Å². The first-order chi connectivity index (χ1) is 9.67. The van der Waals surface area contributed by atoms with Crippen LogP contribution in [0.4, 0.5) is 0 Å². The number of nitrogens with zero attached hydrogens (tertiary/aromatic N) is 1. The van der Waals surface area contributed by atoms with Gasteiger partial charge in [0.05, 0.1) is 12.5 Å². The van der Waals surface area contributed by atoms with Gasteiger partial charge >= 0.3 is 0 Å². The van der Waals surface area contributed by atoms with Crippen LogP contribution in [-0.2, 0) is 10.2 Å². The Morgan fingerprint density at radius 2 is 2.20 bits per heavy atom. The maximum Gasteiger partial charge on any atom is 0.233 e. The number of methoxy groups -OCH3 is 1. The van der Waals surface area contributed by atoms with Gasteiger partial charge in [-0.05, 0) is 43.9 Å². The summed E-state index contributed by atoms with van der Waals surface area (Å²) in [6.45, 7) is 7.38. The minimum absolute atomic E-state index is 0.223. The van der Waals surface area contributed by atoms with Crippen molar-refractivity contribution in [1.29, 1.82) is 0 Å². The standard InChI is InChI=1S/C17H24NO2/c1-4-17(14-9-8-10-15(13-14)20-3)11-6-7-12-18(5-2)16(17)19/h8-10,13H,2,4-7,11-12H2,1,3H3. The Balaban J connectivity index is 2.46. The first-order valence-electron chi connectivity index (χ1n) is 7.41. The molecule has 1 atom stereocenters. The number of likely N-dealkylation sites (tertiary alicyclic amines) is 1. The van der Waals surface area contributed by atoms with Crippen LogP contribution in [0.15, 0.2) is 24.3 Å². The Bertz CT molecular complexity index is 472. The highest BCUT2D eigenvalue weighted by atomic mass is 16.5. The van der Waals surface area contributed by atoms with Crippen molar-refractivity contribution in [3.63, 3.8) is 0 Å². The lowest BCUT2D eigenvalue weighted by molar-refractivity contribution is -0.136. The average Bonchev–Trinajstić information content (AvgIpc) is 2.67. The molecule has 0 aromatic heterocycles. The number of hydrogen-bond donors (Lipinski definition) is 0. The highest BCUT2D eigenvalue weighted by molar-refractivity contribution is 5.88. The third-order valence-corrected chi connectivity index (χ3v) is 4.47. The first kappa shape index (κ1) is 14.9. The predicted molar refractivity (Wildman–Crippen MR) is 80.8 cm³/mol. The van der Waals surface area contributed by atoms with E-state index >= 15 is 0 Å². The maximum atomic E-state index is 13.0. The number of amides is 1. The summed E-state index contributed by atoms with van der Waals surface area (Å²) >= 11 is 0. The van der Waals surface area contributed by atoms with Crippen molar-refractivity contribution in [1.82, 2.24) is 4.90 Å². The van der Waals surface area contributed by atoms with E-state index in [0.717, 1.165) is 43.5 Å². The maximum absolute atomic E-state index is 13.0. The molecule has 109 valence electrons. The summed E-state index contributed by atoms with van der Waals surface area (Å²) in [5.41, 5.74) is 0.660. The summed E-state index contributed by atoms with van der Waals surface area (Å²) in [4.78, 5) is 14.9.